The molecule has 0 aliphatic heterocycles. The fourth-order valence-electron chi connectivity index (χ4n) is 1.90. The van der Waals surface area contributed by atoms with Crippen LogP contribution in [0, 0.1) is 0 Å². The van der Waals surface area contributed by atoms with Crippen LogP contribution in [0.25, 0.3) is 0 Å². The van der Waals surface area contributed by atoms with E-state index in [1.165, 1.54) is 44.7 Å². The first-order chi connectivity index (χ1) is 11.3. The predicted octanol–water partition coefficient (Wildman–Crippen LogP) is 3.87. The van der Waals surface area contributed by atoms with Gasteiger partial charge in [0.25, 0.3) is 0 Å². The first-order valence-electron chi connectivity index (χ1n) is 6.76. The molecule has 2 rings (SSSR count). The molecule has 24 heavy (non-hydrogen) atoms. The van der Waals surface area contributed by atoms with Crippen LogP contribution in [0.2, 0.25) is 0 Å². The molecule has 0 aliphatic rings. The van der Waals surface area contributed by atoms with Crippen LogP contribution in [0.5, 0.6) is 17.2 Å². The number of nitrogens with one attached hydrogen (secondary N) is 1. The lowest BCUT2D eigenvalue weighted by Crippen LogP contribution is -2.04. The summed E-state index contributed by atoms with van der Waals surface area (Å²) in [6, 6.07) is 7.55. The Labute approximate surface area is 136 Å². The second kappa shape index (κ2) is 7.12. The maximum Gasteiger partial charge on any atom is 0.416 e. The van der Waals surface area contributed by atoms with Crippen molar-refractivity contribution >= 4 is 11.9 Å². The number of anilines is 1. The molecule has 2 aromatic carbocycles. The molecule has 0 unspecified atom stereocenters. The van der Waals surface area contributed by atoms with Crippen LogP contribution in [0.15, 0.2) is 41.5 Å². The zero-order chi connectivity index (χ0) is 17.7. The first kappa shape index (κ1) is 17.5. The molecule has 128 valence electrons. The molecule has 0 bridgehead atoms. The van der Waals surface area contributed by atoms with Crippen molar-refractivity contribution in [2.45, 2.75) is 6.18 Å². The van der Waals surface area contributed by atoms with Gasteiger partial charge in [0, 0.05) is 5.56 Å². The Morgan fingerprint density at radius 3 is 2.04 bits per heavy atom. The molecule has 5 nitrogen and oxygen atoms in total. The van der Waals surface area contributed by atoms with E-state index in [0.717, 1.165) is 12.1 Å². The van der Waals surface area contributed by atoms with E-state index in [1.807, 2.05) is 0 Å². The van der Waals surface area contributed by atoms with E-state index in [0.29, 0.717) is 11.3 Å². The molecule has 0 fully saturated rings. The van der Waals surface area contributed by atoms with Crippen molar-refractivity contribution in [3.8, 4) is 17.2 Å². The lowest BCUT2D eigenvalue weighted by molar-refractivity contribution is -0.137. The molecule has 2 aromatic rings. The minimum absolute atomic E-state index is 0.132. The Kier molecular flexibility index (Phi) is 5.18. The monoisotopic (exact) mass is 340 g/mol. The number of phenolic OH excluding ortho intramolecular Hbond substituents is 1. The maximum absolute atomic E-state index is 12.5. The van der Waals surface area contributed by atoms with Gasteiger partial charge in [-0.2, -0.15) is 18.3 Å². The zero-order valence-electron chi connectivity index (χ0n) is 12.9. The number of halogens is 3. The number of aromatic hydroxyl groups is 1. The van der Waals surface area contributed by atoms with Gasteiger partial charge >= 0.3 is 6.18 Å². The smallest absolute Gasteiger partial charge is 0.416 e. The van der Waals surface area contributed by atoms with Gasteiger partial charge in [0.1, 0.15) is 0 Å². The Morgan fingerprint density at radius 1 is 1.04 bits per heavy atom. The molecule has 0 radical (unpaired) electrons. The fraction of sp³-hybridized carbons (Fsp3) is 0.188. The average molecular weight is 340 g/mol. The number of ether oxygens (including phenoxy) is 2. The van der Waals surface area contributed by atoms with Crippen LogP contribution in [0.3, 0.4) is 0 Å². The van der Waals surface area contributed by atoms with Crippen molar-refractivity contribution < 1.29 is 27.8 Å². The molecule has 0 aliphatic carbocycles. The highest BCUT2D eigenvalue weighted by Crippen LogP contribution is 2.36. The summed E-state index contributed by atoms with van der Waals surface area (Å²) in [6.07, 6.45) is -2.96. The largest absolute Gasteiger partial charge is 0.502 e. The van der Waals surface area contributed by atoms with Crippen molar-refractivity contribution in [1.29, 1.82) is 0 Å². The van der Waals surface area contributed by atoms with Gasteiger partial charge < -0.3 is 14.6 Å². The van der Waals surface area contributed by atoms with E-state index in [1.54, 1.807) is 0 Å². The second-order valence-corrected chi connectivity index (χ2v) is 4.72. The van der Waals surface area contributed by atoms with Crippen LogP contribution in [0.1, 0.15) is 11.1 Å². The van der Waals surface area contributed by atoms with Gasteiger partial charge in [-0.3, -0.25) is 5.43 Å². The highest BCUT2D eigenvalue weighted by atomic mass is 19.4. The minimum atomic E-state index is -4.37. The second-order valence-electron chi connectivity index (χ2n) is 4.72. The molecular formula is C16H15F3N2O3. The van der Waals surface area contributed by atoms with Crippen molar-refractivity contribution in [2.75, 3.05) is 19.6 Å². The van der Waals surface area contributed by atoms with E-state index < -0.39 is 11.7 Å². The van der Waals surface area contributed by atoms with Crippen molar-refractivity contribution in [1.82, 2.24) is 0 Å². The third kappa shape index (κ3) is 4.09. The van der Waals surface area contributed by atoms with E-state index >= 15 is 0 Å². The fourth-order valence-corrected chi connectivity index (χ4v) is 1.90. The molecule has 0 spiro atoms. The number of nitrogens with zero attached hydrogens (tertiary/aromatic N) is 1. The standard InChI is InChI=1S/C16H15F3N2O3/c1-23-13-7-10(8-14(24-2)15(13)22)9-20-21-12-5-3-11(4-6-12)16(17,18)19/h3-9,21-22H,1-2H3. The number of methoxy groups -OCH3 is 2. The molecule has 0 aromatic heterocycles. The quantitative estimate of drug-likeness (QED) is 0.641. The predicted molar refractivity (Wildman–Crippen MR) is 83.9 cm³/mol. The maximum atomic E-state index is 12.5. The first-order valence-corrected chi connectivity index (χ1v) is 6.76. The summed E-state index contributed by atoms with van der Waals surface area (Å²) in [6.45, 7) is 0. The zero-order valence-corrected chi connectivity index (χ0v) is 12.9. The Balaban J connectivity index is 2.11. The Bertz CT molecular complexity index is 703. The molecule has 0 amide bonds. The van der Waals surface area contributed by atoms with E-state index in [2.05, 4.69) is 10.5 Å². The Hall–Kier alpha value is -2.90. The highest BCUT2D eigenvalue weighted by Gasteiger charge is 2.29. The molecule has 0 saturated heterocycles. The normalized spacial score (nSPS) is 11.5. The van der Waals surface area contributed by atoms with E-state index in [-0.39, 0.29) is 17.2 Å². The summed E-state index contributed by atoms with van der Waals surface area (Å²) >= 11 is 0. The van der Waals surface area contributed by atoms with Gasteiger partial charge in [0.2, 0.25) is 5.75 Å². The van der Waals surface area contributed by atoms with E-state index in [9.17, 15) is 18.3 Å². The van der Waals surface area contributed by atoms with Gasteiger partial charge in [-0.1, -0.05) is 0 Å². The molecule has 8 heteroatoms. The minimum Gasteiger partial charge on any atom is -0.502 e. The Morgan fingerprint density at radius 2 is 1.58 bits per heavy atom. The summed E-state index contributed by atoms with van der Waals surface area (Å²) in [5.41, 5.74) is 2.86. The topological polar surface area (TPSA) is 63.1 Å². The number of alkyl halides is 3. The number of hydrogen-bond donors (Lipinski definition) is 2. The highest BCUT2D eigenvalue weighted by molar-refractivity contribution is 5.82. The van der Waals surface area contributed by atoms with Crippen LogP contribution < -0.4 is 14.9 Å². The van der Waals surface area contributed by atoms with E-state index in [4.69, 9.17) is 9.47 Å². The van der Waals surface area contributed by atoms with Crippen LogP contribution in [0.4, 0.5) is 18.9 Å². The van der Waals surface area contributed by atoms with Gasteiger partial charge in [-0.25, -0.2) is 0 Å². The van der Waals surface area contributed by atoms with Gasteiger partial charge in [-0.05, 0) is 36.4 Å². The number of hydrazone groups is 1. The summed E-state index contributed by atoms with van der Waals surface area (Å²) in [5.74, 6) is 0.295. The summed E-state index contributed by atoms with van der Waals surface area (Å²) in [5, 5.41) is 13.7. The average Bonchev–Trinajstić information content (AvgIpc) is 2.55. The summed E-state index contributed by atoms with van der Waals surface area (Å²) < 4.78 is 47.5. The third-order valence-corrected chi connectivity index (χ3v) is 3.12. The number of rotatable bonds is 5. The van der Waals surface area contributed by atoms with Gasteiger partial charge in [0.15, 0.2) is 11.5 Å². The number of phenols is 1. The molecule has 0 atom stereocenters. The SMILES string of the molecule is COc1cc(C=NNc2ccc(C(F)(F)F)cc2)cc(OC)c1O. The number of benzene rings is 2. The van der Waals surface area contributed by atoms with Crippen molar-refractivity contribution in [3.63, 3.8) is 0 Å². The molecule has 0 heterocycles. The van der Waals surface area contributed by atoms with Crippen molar-refractivity contribution in [3.05, 3.63) is 47.5 Å². The van der Waals surface area contributed by atoms with Crippen LogP contribution >= 0.6 is 0 Å². The van der Waals surface area contributed by atoms with Crippen molar-refractivity contribution in [2.24, 2.45) is 5.10 Å². The molecule has 2 N–H and O–H groups in total. The van der Waals surface area contributed by atoms with Gasteiger partial charge in [0.05, 0.1) is 31.7 Å². The lowest BCUT2D eigenvalue weighted by Gasteiger charge is -2.09. The summed E-state index contributed by atoms with van der Waals surface area (Å²) in [4.78, 5) is 0. The molecular weight excluding hydrogens is 325 g/mol. The molecule has 0 saturated carbocycles. The number of hydrogen-bond acceptors (Lipinski definition) is 5. The van der Waals surface area contributed by atoms with Crippen LogP contribution in [-0.4, -0.2) is 25.5 Å². The third-order valence-electron chi connectivity index (χ3n) is 3.12. The van der Waals surface area contributed by atoms with Crippen LogP contribution in [-0.2, 0) is 6.18 Å². The van der Waals surface area contributed by atoms with Gasteiger partial charge in [-0.15, -0.1) is 0 Å². The lowest BCUT2D eigenvalue weighted by atomic mass is 10.2. The summed E-state index contributed by atoms with van der Waals surface area (Å²) in [7, 11) is 2.80.